The Kier molecular flexibility index (Phi) is 3.72. The number of para-hydroxylation sites is 1. The van der Waals surface area contributed by atoms with Crippen LogP contribution in [0.4, 0.5) is 0 Å². The van der Waals surface area contributed by atoms with Crippen LogP contribution in [-0.4, -0.2) is 35.9 Å². The summed E-state index contributed by atoms with van der Waals surface area (Å²) < 4.78 is 0. The molecule has 1 unspecified atom stereocenters. The number of aromatic amines is 1. The number of benzene rings is 1. The molecule has 1 aromatic heterocycles. The molecule has 2 N–H and O–H groups in total. The number of hydrogen-bond donors (Lipinski definition) is 2. The van der Waals surface area contributed by atoms with Gasteiger partial charge in [-0.3, -0.25) is 4.79 Å². The topological polar surface area (TPSA) is 48.1 Å². The van der Waals surface area contributed by atoms with Crippen molar-refractivity contribution in [3.05, 3.63) is 35.5 Å². The largest absolute Gasteiger partial charge is 0.356 e. The number of carbonyl (C=O) groups is 1. The SMILES string of the molecule is CNCC(=O)N1CCc2c([nH]c3ccccc23)C1C(C)C. The highest BCUT2D eigenvalue weighted by Crippen LogP contribution is 2.38. The molecular formula is C17H23N3O. The van der Waals surface area contributed by atoms with Crippen LogP contribution in [0, 0.1) is 5.92 Å². The van der Waals surface area contributed by atoms with E-state index in [1.54, 1.807) is 0 Å². The van der Waals surface area contributed by atoms with Crippen LogP contribution in [0.2, 0.25) is 0 Å². The number of aromatic nitrogens is 1. The zero-order valence-corrected chi connectivity index (χ0v) is 12.9. The maximum absolute atomic E-state index is 12.4. The molecule has 0 radical (unpaired) electrons. The van der Waals surface area contributed by atoms with Crippen molar-refractivity contribution in [3.63, 3.8) is 0 Å². The zero-order valence-electron chi connectivity index (χ0n) is 12.9. The van der Waals surface area contributed by atoms with E-state index in [2.05, 4.69) is 48.4 Å². The molecule has 0 saturated carbocycles. The van der Waals surface area contributed by atoms with Crippen molar-refractivity contribution < 1.29 is 4.79 Å². The van der Waals surface area contributed by atoms with Crippen LogP contribution < -0.4 is 5.32 Å². The zero-order chi connectivity index (χ0) is 15.0. The number of H-pyrrole nitrogens is 1. The van der Waals surface area contributed by atoms with E-state index in [9.17, 15) is 4.79 Å². The minimum atomic E-state index is 0.141. The predicted octanol–water partition coefficient (Wildman–Crippen LogP) is 2.47. The second-order valence-electron chi connectivity index (χ2n) is 6.12. The molecule has 4 heteroatoms. The quantitative estimate of drug-likeness (QED) is 0.910. The van der Waals surface area contributed by atoms with Crippen molar-refractivity contribution in [1.29, 1.82) is 0 Å². The molecule has 1 aliphatic rings. The molecular weight excluding hydrogens is 262 g/mol. The van der Waals surface area contributed by atoms with Gasteiger partial charge in [-0.2, -0.15) is 0 Å². The normalized spacial score (nSPS) is 18.3. The first kappa shape index (κ1) is 14.1. The maximum Gasteiger partial charge on any atom is 0.237 e. The van der Waals surface area contributed by atoms with Crippen LogP contribution in [0.3, 0.4) is 0 Å². The Morgan fingerprint density at radius 1 is 1.43 bits per heavy atom. The number of hydrogen-bond acceptors (Lipinski definition) is 2. The molecule has 1 aromatic carbocycles. The summed E-state index contributed by atoms with van der Waals surface area (Å²) in [4.78, 5) is 18.0. The van der Waals surface area contributed by atoms with Gasteiger partial charge >= 0.3 is 0 Å². The predicted molar refractivity (Wildman–Crippen MR) is 85.2 cm³/mol. The van der Waals surface area contributed by atoms with Crippen LogP contribution in [0.1, 0.15) is 31.1 Å². The Labute approximate surface area is 125 Å². The number of fused-ring (bicyclic) bond motifs is 3. The second kappa shape index (κ2) is 5.53. The van der Waals surface area contributed by atoms with Gasteiger partial charge in [0, 0.05) is 23.1 Å². The van der Waals surface area contributed by atoms with Crippen molar-refractivity contribution >= 4 is 16.8 Å². The van der Waals surface area contributed by atoms with Crippen molar-refractivity contribution in [3.8, 4) is 0 Å². The lowest BCUT2D eigenvalue weighted by Gasteiger charge is -2.38. The van der Waals surface area contributed by atoms with E-state index in [0.717, 1.165) is 13.0 Å². The molecule has 0 spiro atoms. The first-order valence-electron chi connectivity index (χ1n) is 7.67. The highest BCUT2D eigenvalue weighted by molar-refractivity contribution is 5.86. The lowest BCUT2D eigenvalue weighted by atomic mass is 9.90. The van der Waals surface area contributed by atoms with Crippen molar-refractivity contribution in [2.45, 2.75) is 26.3 Å². The lowest BCUT2D eigenvalue weighted by molar-refractivity contribution is -0.134. The average molecular weight is 285 g/mol. The Morgan fingerprint density at radius 3 is 2.90 bits per heavy atom. The monoisotopic (exact) mass is 285 g/mol. The van der Waals surface area contributed by atoms with Gasteiger partial charge in [0.05, 0.1) is 12.6 Å². The summed E-state index contributed by atoms with van der Waals surface area (Å²) in [6.07, 6.45) is 0.929. The first-order chi connectivity index (χ1) is 10.1. The molecule has 1 aliphatic heterocycles. The minimum Gasteiger partial charge on any atom is -0.356 e. The minimum absolute atomic E-state index is 0.141. The van der Waals surface area contributed by atoms with Crippen molar-refractivity contribution in [2.75, 3.05) is 20.1 Å². The van der Waals surface area contributed by atoms with E-state index in [1.807, 2.05) is 11.9 Å². The van der Waals surface area contributed by atoms with Gasteiger partial charge in [-0.15, -0.1) is 0 Å². The van der Waals surface area contributed by atoms with Crippen LogP contribution in [0.25, 0.3) is 10.9 Å². The summed E-state index contributed by atoms with van der Waals surface area (Å²) in [6.45, 7) is 5.58. The summed E-state index contributed by atoms with van der Waals surface area (Å²) in [5.41, 5.74) is 3.79. The number of nitrogens with zero attached hydrogens (tertiary/aromatic N) is 1. The fraction of sp³-hybridized carbons (Fsp3) is 0.471. The van der Waals surface area contributed by atoms with Gasteiger partial charge in [0.25, 0.3) is 0 Å². The van der Waals surface area contributed by atoms with E-state index in [0.29, 0.717) is 12.5 Å². The Balaban J connectivity index is 2.07. The third-order valence-electron chi connectivity index (χ3n) is 4.36. The molecule has 112 valence electrons. The van der Waals surface area contributed by atoms with Crippen molar-refractivity contribution in [1.82, 2.24) is 15.2 Å². The van der Waals surface area contributed by atoms with Gasteiger partial charge in [-0.1, -0.05) is 32.0 Å². The van der Waals surface area contributed by atoms with E-state index < -0.39 is 0 Å². The molecule has 21 heavy (non-hydrogen) atoms. The summed E-state index contributed by atoms with van der Waals surface area (Å²) in [7, 11) is 1.82. The average Bonchev–Trinajstić information content (AvgIpc) is 2.84. The van der Waals surface area contributed by atoms with Gasteiger partial charge in [0.2, 0.25) is 5.91 Å². The summed E-state index contributed by atoms with van der Waals surface area (Å²) in [5.74, 6) is 0.568. The molecule has 2 heterocycles. The van der Waals surface area contributed by atoms with Crippen molar-refractivity contribution in [2.24, 2.45) is 5.92 Å². The first-order valence-corrected chi connectivity index (χ1v) is 7.67. The van der Waals surface area contributed by atoms with Gasteiger partial charge in [-0.05, 0) is 31.0 Å². The molecule has 1 amide bonds. The molecule has 1 atom stereocenters. The van der Waals surface area contributed by atoms with Gasteiger partial charge in [-0.25, -0.2) is 0 Å². The molecule has 0 aliphatic carbocycles. The van der Waals surface area contributed by atoms with Crippen LogP contribution in [0.5, 0.6) is 0 Å². The molecule has 4 nitrogen and oxygen atoms in total. The molecule has 3 rings (SSSR count). The lowest BCUT2D eigenvalue weighted by Crippen LogP contribution is -2.45. The maximum atomic E-state index is 12.4. The van der Waals surface area contributed by atoms with E-state index >= 15 is 0 Å². The summed E-state index contributed by atoms with van der Waals surface area (Å²) >= 11 is 0. The Morgan fingerprint density at radius 2 is 2.19 bits per heavy atom. The molecule has 0 saturated heterocycles. The standard InChI is InChI=1S/C17H23N3O/c1-11(2)17-16-13(8-9-20(17)15(21)10-18-3)12-6-4-5-7-14(12)19-16/h4-7,11,17-19H,8-10H2,1-3H3. The van der Waals surface area contributed by atoms with E-state index in [1.165, 1.54) is 22.2 Å². The molecule has 2 aromatic rings. The number of carbonyl (C=O) groups excluding carboxylic acids is 1. The van der Waals surface area contributed by atoms with Gasteiger partial charge < -0.3 is 15.2 Å². The van der Waals surface area contributed by atoms with E-state index in [4.69, 9.17) is 0 Å². The Hall–Kier alpha value is -1.81. The fourth-order valence-corrected chi connectivity index (χ4v) is 3.50. The number of rotatable bonds is 3. The smallest absolute Gasteiger partial charge is 0.237 e. The Bertz CT molecular complexity index is 659. The van der Waals surface area contributed by atoms with Gasteiger partial charge in [0.1, 0.15) is 0 Å². The highest BCUT2D eigenvalue weighted by atomic mass is 16.2. The summed E-state index contributed by atoms with van der Waals surface area (Å²) in [6, 6.07) is 8.57. The van der Waals surface area contributed by atoms with Crippen LogP contribution in [0.15, 0.2) is 24.3 Å². The number of nitrogens with one attached hydrogen (secondary N) is 2. The van der Waals surface area contributed by atoms with E-state index in [-0.39, 0.29) is 11.9 Å². The second-order valence-corrected chi connectivity index (χ2v) is 6.12. The van der Waals surface area contributed by atoms with Gasteiger partial charge in [0.15, 0.2) is 0 Å². The highest BCUT2D eigenvalue weighted by Gasteiger charge is 2.34. The fourth-order valence-electron chi connectivity index (χ4n) is 3.50. The summed E-state index contributed by atoms with van der Waals surface area (Å²) in [5, 5.41) is 4.28. The third-order valence-corrected chi connectivity index (χ3v) is 4.36. The van der Waals surface area contributed by atoms with Crippen LogP contribution >= 0.6 is 0 Å². The molecule has 0 bridgehead atoms. The van der Waals surface area contributed by atoms with Crippen LogP contribution in [-0.2, 0) is 11.2 Å². The number of likely N-dealkylation sites (N-methyl/N-ethyl adjacent to an activating group) is 1. The number of amides is 1. The third kappa shape index (κ3) is 2.33. The molecule has 0 fully saturated rings.